The number of ether oxygens (including phenoxy) is 1. The Bertz CT molecular complexity index is 764. The van der Waals surface area contributed by atoms with E-state index >= 15 is 0 Å². The standard InChI is InChI=1S/C17H18N2O2/c1-19-14-9-5-4-8-13(14)17(18-19)15(20)11-12-7-3-6-10-16(12)21-2/h3-10,15,20H,11H2,1-2H3. The minimum absolute atomic E-state index is 0.477. The van der Waals surface area contributed by atoms with E-state index in [4.69, 9.17) is 4.74 Å². The van der Waals surface area contributed by atoms with Gasteiger partial charge in [-0.15, -0.1) is 0 Å². The second-order valence-electron chi connectivity index (χ2n) is 5.06. The lowest BCUT2D eigenvalue weighted by Gasteiger charge is -2.12. The molecule has 1 aromatic heterocycles. The van der Waals surface area contributed by atoms with Crippen molar-refractivity contribution in [1.82, 2.24) is 9.78 Å². The summed E-state index contributed by atoms with van der Waals surface area (Å²) in [6.45, 7) is 0. The van der Waals surface area contributed by atoms with Gasteiger partial charge in [0.05, 0.1) is 18.3 Å². The van der Waals surface area contributed by atoms with Crippen molar-refractivity contribution in [2.75, 3.05) is 7.11 Å². The first-order valence-corrected chi connectivity index (χ1v) is 6.92. The van der Waals surface area contributed by atoms with Crippen LogP contribution >= 0.6 is 0 Å². The lowest BCUT2D eigenvalue weighted by molar-refractivity contribution is 0.173. The van der Waals surface area contributed by atoms with Crippen LogP contribution in [0.15, 0.2) is 48.5 Å². The number of aliphatic hydroxyl groups excluding tert-OH is 1. The molecule has 0 saturated carbocycles. The van der Waals surface area contributed by atoms with Crippen molar-refractivity contribution in [1.29, 1.82) is 0 Å². The Morgan fingerprint density at radius 3 is 2.67 bits per heavy atom. The molecule has 0 radical (unpaired) electrons. The molecule has 1 unspecified atom stereocenters. The van der Waals surface area contributed by atoms with Crippen LogP contribution in [0.4, 0.5) is 0 Å². The number of hydrogen-bond acceptors (Lipinski definition) is 3. The number of rotatable bonds is 4. The molecule has 0 fully saturated rings. The number of methoxy groups -OCH3 is 1. The zero-order valence-electron chi connectivity index (χ0n) is 12.2. The molecule has 0 saturated heterocycles. The molecule has 0 aliphatic rings. The first-order chi connectivity index (χ1) is 10.2. The van der Waals surface area contributed by atoms with Gasteiger partial charge in [0, 0.05) is 18.9 Å². The summed E-state index contributed by atoms with van der Waals surface area (Å²) in [5.41, 5.74) is 2.70. The third-order valence-corrected chi connectivity index (χ3v) is 3.71. The zero-order chi connectivity index (χ0) is 14.8. The van der Waals surface area contributed by atoms with Crippen LogP contribution in [0.2, 0.25) is 0 Å². The molecule has 108 valence electrons. The van der Waals surface area contributed by atoms with E-state index in [1.165, 1.54) is 0 Å². The van der Waals surface area contributed by atoms with Crippen molar-refractivity contribution in [3.05, 3.63) is 59.8 Å². The molecular formula is C17H18N2O2. The van der Waals surface area contributed by atoms with Gasteiger partial charge in [-0.05, 0) is 17.7 Å². The fourth-order valence-corrected chi connectivity index (χ4v) is 2.66. The number of benzene rings is 2. The Morgan fingerprint density at radius 1 is 1.14 bits per heavy atom. The van der Waals surface area contributed by atoms with E-state index < -0.39 is 6.10 Å². The minimum atomic E-state index is -0.660. The second kappa shape index (κ2) is 5.58. The monoisotopic (exact) mass is 282 g/mol. The Kier molecular flexibility index (Phi) is 3.62. The van der Waals surface area contributed by atoms with Crippen LogP contribution in [0.25, 0.3) is 10.9 Å². The van der Waals surface area contributed by atoms with Gasteiger partial charge in [0.2, 0.25) is 0 Å². The van der Waals surface area contributed by atoms with Crippen LogP contribution in [-0.4, -0.2) is 22.0 Å². The highest BCUT2D eigenvalue weighted by atomic mass is 16.5. The van der Waals surface area contributed by atoms with Gasteiger partial charge in [-0.1, -0.05) is 36.4 Å². The van der Waals surface area contributed by atoms with Crippen LogP contribution in [-0.2, 0) is 13.5 Å². The van der Waals surface area contributed by atoms with Gasteiger partial charge < -0.3 is 9.84 Å². The summed E-state index contributed by atoms with van der Waals surface area (Å²) in [6, 6.07) is 15.7. The van der Waals surface area contributed by atoms with E-state index in [1.807, 2.05) is 55.6 Å². The molecule has 3 rings (SSSR count). The Hall–Kier alpha value is -2.33. The van der Waals surface area contributed by atoms with Crippen molar-refractivity contribution >= 4 is 10.9 Å². The van der Waals surface area contributed by atoms with E-state index in [-0.39, 0.29) is 0 Å². The topological polar surface area (TPSA) is 47.3 Å². The van der Waals surface area contributed by atoms with Gasteiger partial charge >= 0.3 is 0 Å². The summed E-state index contributed by atoms with van der Waals surface area (Å²) in [5.74, 6) is 0.789. The molecule has 0 amide bonds. The van der Waals surface area contributed by atoms with Gasteiger partial charge in [-0.2, -0.15) is 5.10 Å². The molecule has 0 aliphatic carbocycles. The highest BCUT2D eigenvalue weighted by Gasteiger charge is 2.18. The maximum Gasteiger partial charge on any atom is 0.122 e. The first-order valence-electron chi connectivity index (χ1n) is 6.92. The SMILES string of the molecule is COc1ccccc1CC(O)c1nn(C)c2ccccc12. The van der Waals surface area contributed by atoms with Crippen LogP contribution in [0.5, 0.6) is 5.75 Å². The summed E-state index contributed by atoms with van der Waals surface area (Å²) < 4.78 is 7.14. The van der Waals surface area contributed by atoms with Crippen molar-refractivity contribution in [3.8, 4) is 5.75 Å². The largest absolute Gasteiger partial charge is 0.496 e. The average Bonchev–Trinajstić information content (AvgIpc) is 2.86. The van der Waals surface area contributed by atoms with Crippen molar-refractivity contribution < 1.29 is 9.84 Å². The summed E-state index contributed by atoms with van der Waals surface area (Å²) >= 11 is 0. The number of fused-ring (bicyclic) bond motifs is 1. The summed E-state index contributed by atoms with van der Waals surface area (Å²) in [4.78, 5) is 0. The number of aromatic nitrogens is 2. The molecule has 4 heteroatoms. The highest BCUT2D eigenvalue weighted by Crippen LogP contribution is 2.28. The minimum Gasteiger partial charge on any atom is -0.496 e. The predicted molar refractivity (Wildman–Crippen MR) is 82.4 cm³/mol. The van der Waals surface area contributed by atoms with Gasteiger partial charge in [-0.3, -0.25) is 4.68 Å². The highest BCUT2D eigenvalue weighted by molar-refractivity contribution is 5.82. The molecule has 1 atom stereocenters. The van der Waals surface area contributed by atoms with Crippen molar-refractivity contribution in [2.45, 2.75) is 12.5 Å². The summed E-state index contributed by atoms with van der Waals surface area (Å²) in [7, 11) is 3.53. The molecule has 4 nitrogen and oxygen atoms in total. The Labute approximate surface area is 123 Å². The fourth-order valence-electron chi connectivity index (χ4n) is 2.66. The second-order valence-corrected chi connectivity index (χ2v) is 5.06. The van der Waals surface area contributed by atoms with E-state index in [0.29, 0.717) is 12.1 Å². The van der Waals surface area contributed by atoms with Gasteiger partial charge in [0.25, 0.3) is 0 Å². The molecule has 2 aromatic carbocycles. The van der Waals surface area contributed by atoms with Gasteiger partial charge in [-0.25, -0.2) is 0 Å². The van der Waals surface area contributed by atoms with E-state index in [2.05, 4.69) is 5.10 Å². The molecule has 0 spiro atoms. The maximum atomic E-state index is 10.6. The normalized spacial score (nSPS) is 12.5. The predicted octanol–water partition coefficient (Wildman–Crippen LogP) is 2.86. The van der Waals surface area contributed by atoms with E-state index in [0.717, 1.165) is 22.2 Å². The van der Waals surface area contributed by atoms with Gasteiger partial charge in [0.1, 0.15) is 11.9 Å². The van der Waals surface area contributed by atoms with Crippen molar-refractivity contribution in [2.24, 2.45) is 7.05 Å². The molecule has 1 N–H and O–H groups in total. The number of nitrogens with zero attached hydrogens (tertiary/aromatic N) is 2. The summed E-state index contributed by atoms with van der Waals surface area (Å²) in [6.07, 6.45) is -0.183. The number of para-hydroxylation sites is 2. The Balaban J connectivity index is 1.96. The van der Waals surface area contributed by atoms with Crippen molar-refractivity contribution in [3.63, 3.8) is 0 Å². The molecule has 0 bridgehead atoms. The quantitative estimate of drug-likeness (QED) is 0.800. The molecule has 1 heterocycles. The summed E-state index contributed by atoms with van der Waals surface area (Å²) in [5, 5.41) is 16.0. The van der Waals surface area contributed by atoms with Crippen LogP contribution in [0.1, 0.15) is 17.4 Å². The lowest BCUT2D eigenvalue weighted by atomic mass is 10.0. The Morgan fingerprint density at radius 2 is 1.86 bits per heavy atom. The molecule has 21 heavy (non-hydrogen) atoms. The van der Waals surface area contributed by atoms with E-state index in [9.17, 15) is 5.11 Å². The molecule has 3 aromatic rings. The van der Waals surface area contributed by atoms with Crippen LogP contribution in [0, 0.1) is 0 Å². The van der Waals surface area contributed by atoms with Crippen LogP contribution in [0.3, 0.4) is 0 Å². The van der Waals surface area contributed by atoms with Gasteiger partial charge in [0.15, 0.2) is 0 Å². The zero-order valence-corrected chi connectivity index (χ0v) is 12.2. The van der Waals surface area contributed by atoms with Crippen LogP contribution < -0.4 is 4.74 Å². The third kappa shape index (κ3) is 2.50. The average molecular weight is 282 g/mol. The smallest absolute Gasteiger partial charge is 0.122 e. The number of aryl methyl sites for hydroxylation is 1. The number of aliphatic hydroxyl groups is 1. The molecular weight excluding hydrogens is 264 g/mol. The molecule has 0 aliphatic heterocycles. The first kappa shape index (κ1) is 13.6. The third-order valence-electron chi connectivity index (χ3n) is 3.71. The fraction of sp³-hybridized carbons (Fsp3) is 0.235. The number of hydrogen-bond donors (Lipinski definition) is 1. The maximum absolute atomic E-state index is 10.6. The van der Waals surface area contributed by atoms with E-state index in [1.54, 1.807) is 11.8 Å². The lowest BCUT2D eigenvalue weighted by Crippen LogP contribution is -2.05.